The predicted octanol–water partition coefficient (Wildman–Crippen LogP) is 3.37. The Morgan fingerprint density at radius 2 is 1.72 bits per heavy atom. The van der Waals surface area contributed by atoms with E-state index in [1.165, 1.54) is 23.5 Å². The van der Waals surface area contributed by atoms with Crippen LogP contribution in [-0.2, 0) is 4.79 Å². The first-order valence-corrected chi connectivity index (χ1v) is 7.16. The number of allylic oxidation sites excluding steroid dienone is 1. The SMILES string of the molecule is O=C1CC(=O)c2ccccc2NC1=C1SC=CS1. The van der Waals surface area contributed by atoms with Gasteiger partial charge in [0.2, 0.25) is 0 Å². The Morgan fingerprint density at radius 1 is 1.00 bits per heavy atom. The van der Waals surface area contributed by atoms with Gasteiger partial charge in [-0.3, -0.25) is 9.59 Å². The van der Waals surface area contributed by atoms with Gasteiger partial charge >= 0.3 is 0 Å². The number of thioether (sulfide) groups is 2. The van der Waals surface area contributed by atoms with Gasteiger partial charge in [0.15, 0.2) is 11.6 Å². The van der Waals surface area contributed by atoms with E-state index in [0.29, 0.717) is 16.9 Å². The van der Waals surface area contributed by atoms with Gasteiger partial charge in [-0.15, -0.1) is 0 Å². The summed E-state index contributed by atoms with van der Waals surface area (Å²) in [6, 6.07) is 7.23. The Kier molecular flexibility index (Phi) is 3.01. The third-order valence-corrected chi connectivity index (χ3v) is 4.83. The number of fused-ring (bicyclic) bond motifs is 1. The molecule has 0 atom stereocenters. The molecule has 3 rings (SSSR count). The topological polar surface area (TPSA) is 46.2 Å². The third kappa shape index (κ3) is 2.00. The number of Topliss-reactive ketones (excluding diaryl/α,β-unsaturated/α-hetero) is 2. The van der Waals surface area contributed by atoms with Crippen molar-refractivity contribution < 1.29 is 9.59 Å². The summed E-state index contributed by atoms with van der Waals surface area (Å²) in [5, 5.41) is 6.97. The zero-order valence-electron chi connectivity index (χ0n) is 9.30. The number of benzene rings is 1. The van der Waals surface area contributed by atoms with E-state index in [1.807, 2.05) is 29.0 Å². The van der Waals surface area contributed by atoms with Crippen molar-refractivity contribution in [3.63, 3.8) is 0 Å². The minimum absolute atomic E-state index is 0.0655. The fourth-order valence-corrected chi connectivity index (χ4v) is 3.67. The fourth-order valence-electron chi connectivity index (χ4n) is 1.86. The molecule has 1 N–H and O–H groups in total. The maximum Gasteiger partial charge on any atom is 0.188 e. The van der Waals surface area contributed by atoms with Gasteiger partial charge in [-0.1, -0.05) is 35.7 Å². The first-order chi connectivity index (χ1) is 8.75. The normalized spacial score (nSPS) is 18.7. The number of carbonyl (C=O) groups is 2. The first-order valence-electron chi connectivity index (χ1n) is 5.41. The van der Waals surface area contributed by atoms with E-state index in [-0.39, 0.29) is 18.0 Å². The standard InChI is InChI=1S/C13H9NO2S2/c15-10-7-11(16)12(13-17-5-6-18-13)14-9-4-2-1-3-8(9)10/h1-6,14H,7H2. The lowest BCUT2D eigenvalue weighted by Crippen LogP contribution is -2.11. The minimum atomic E-state index is -0.144. The number of hydrogen-bond donors (Lipinski definition) is 1. The van der Waals surface area contributed by atoms with Crippen LogP contribution in [0, 0.1) is 0 Å². The summed E-state index contributed by atoms with van der Waals surface area (Å²) in [6.07, 6.45) is -0.0655. The zero-order chi connectivity index (χ0) is 12.5. The van der Waals surface area contributed by atoms with Gasteiger partial charge in [-0.05, 0) is 22.9 Å². The van der Waals surface area contributed by atoms with E-state index < -0.39 is 0 Å². The second kappa shape index (κ2) is 4.66. The largest absolute Gasteiger partial charge is 0.351 e. The molecular formula is C13H9NO2S2. The number of rotatable bonds is 0. The summed E-state index contributed by atoms with van der Waals surface area (Å²) in [7, 11) is 0. The molecule has 90 valence electrons. The van der Waals surface area contributed by atoms with Crippen LogP contribution in [0.1, 0.15) is 16.8 Å². The van der Waals surface area contributed by atoms with Crippen LogP contribution in [0.3, 0.4) is 0 Å². The second-order valence-electron chi connectivity index (χ2n) is 3.86. The lowest BCUT2D eigenvalue weighted by molar-refractivity contribution is -0.114. The molecule has 2 heterocycles. The molecule has 18 heavy (non-hydrogen) atoms. The number of para-hydroxylation sites is 1. The van der Waals surface area contributed by atoms with Crippen LogP contribution in [0.5, 0.6) is 0 Å². The predicted molar refractivity (Wildman–Crippen MR) is 75.4 cm³/mol. The van der Waals surface area contributed by atoms with Crippen LogP contribution in [0.2, 0.25) is 0 Å². The highest BCUT2D eigenvalue weighted by Crippen LogP contribution is 2.41. The molecule has 0 radical (unpaired) electrons. The molecule has 3 nitrogen and oxygen atoms in total. The molecule has 0 bridgehead atoms. The van der Waals surface area contributed by atoms with Crippen LogP contribution < -0.4 is 5.32 Å². The Bertz CT molecular complexity index is 595. The third-order valence-electron chi connectivity index (χ3n) is 2.70. The maximum absolute atomic E-state index is 12.1. The van der Waals surface area contributed by atoms with Crippen LogP contribution in [0.25, 0.3) is 0 Å². The summed E-state index contributed by atoms with van der Waals surface area (Å²) < 4.78 is 0.907. The van der Waals surface area contributed by atoms with Crippen molar-refractivity contribution in [1.29, 1.82) is 0 Å². The molecule has 0 aromatic heterocycles. The molecule has 1 aromatic carbocycles. The van der Waals surface area contributed by atoms with Crippen molar-refractivity contribution >= 4 is 40.8 Å². The minimum Gasteiger partial charge on any atom is -0.351 e. The fraction of sp³-hybridized carbons (Fsp3) is 0.0769. The van der Waals surface area contributed by atoms with Gasteiger partial charge in [-0.2, -0.15) is 0 Å². The quantitative estimate of drug-likeness (QED) is 0.581. The molecule has 0 fully saturated rings. The summed E-state index contributed by atoms with van der Waals surface area (Å²) in [6.45, 7) is 0. The first kappa shape index (κ1) is 11.6. The van der Waals surface area contributed by atoms with Crippen LogP contribution in [0.4, 0.5) is 5.69 Å². The summed E-state index contributed by atoms with van der Waals surface area (Å²) >= 11 is 3.01. The molecule has 5 heteroatoms. The highest BCUT2D eigenvalue weighted by Gasteiger charge is 2.26. The zero-order valence-corrected chi connectivity index (χ0v) is 10.9. The number of nitrogens with one attached hydrogen (secondary N) is 1. The molecule has 0 spiro atoms. The molecular weight excluding hydrogens is 266 g/mol. The van der Waals surface area contributed by atoms with Crippen molar-refractivity contribution in [3.05, 3.63) is 50.6 Å². The van der Waals surface area contributed by atoms with Crippen molar-refractivity contribution in [3.8, 4) is 0 Å². The van der Waals surface area contributed by atoms with E-state index >= 15 is 0 Å². The number of anilines is 1. The van der Waals surface area contributed by atoms with E-state index in [4.69, 9.17) is 0 Å². The Labute approximate surface area is 113 Å². The van der Waals surface area contributed by atoms with E-state index in [2.05, 4.69) is 5.32 Å². The van der Waals surface area contributed by atoms with Gasteiger partial charge in [0.1, 0.15) is 5.70 Å². The Hall–Kier alpha value is -1.46. The summed E-state index contributed by atoms with van der Waals surface area (Å²) in [4.78, 5) is 24.0. The van der Waals surface area contributed by atoms with Crippen molar-refractivity contribution in [1.82, 2.24) is 0 Å². The molecule has 2 aliphatic rings. The average Bonchev–Trinajstić information content (AvgIpc) is 2.85. The van der Waals surface area contributed by atoms with Crippen molar-refractivity contribution in [2.75, 3.05) is 5.32 Å². The van der Waals surface area contributed by atoms with Crippen LogP contribution in [-0.4, -0.2) is 11.6 Å². The van der Waals surface area contributed by atoms with E-state index in [1.54, 1.807) is 6.07 Å². The highest BCUT2D eigenvalue weighted by molar-refractivity contribution is 8.27. The van der Waals surface area contributed by atoms with Gasteiger partial charge in [0.05, 0.1) is 10.7 Å². The highest BCUT2D eigenvalue weighted by atomic mass is 32.2. The molecule has 0 saturated carbocycles. The summed E-state index contributed by atoms with van der Waals surface area (Å²) in [5.41, 5.74) is 1.83. The van der Waals surface area contributed by atoms with E-state index in [0.717, 1.165) is 4.24 Å². The molecule has 2 aliphatic heterocycles. The molecule has 0 aliphatic carbocycles. The van der Waals surface area contributed by atoms with Crippen molar-refractivity contribution in [2.45, 2.75) is 6.42 Å². The number of hydrogen-bond acceptors (Lipinski definition) is 5. The van der Waals surface area contributed by atoms with Gasteiger partial charge in [-0.25, -0.2) is 0 Å². The summed E-state index contributed by atoms with van der Waals surface area (Å²) in [5.74, 6) is -0.269. The lowest BCUT2D eigenvalue weighted by Gasteiger charge is -2.09. The van der Waals surface area contributed by atoms with Crippen LogP contribution >= 0.6 is 23.5 Å². The average molecular weight is 275 g/mol. The number of carbonyl (C=O) groups excluding carboxylic acids is 2. The molecule has 0 amide bonds. The maximum atomic E-state index is 12.1. The van der Waals surface area contributed by atoms with Crippen LogP contribution in [0.15, 0.2) is 45.0 Å². The second-order valence-corrected chi connectivity index (χ2v) is 5.95. The van der Waals surface area contributed by atoms with Gasteiger partial charge in [0.25, 0.3) is 0 Å². The van der Waals surface area contributed by atoms with Gasteiger partial charge in [0, 0.05) is 11.3 Å². The number of ketones is 2. The monoisotopic (exact) mass is 275 g/mol. The lowest BCUT2D eigenvalue weighted by atomic mass is 10.1. The Morgan fingerprint density at radius 3 is 2.50 bits per heavy atom. The molecule has 0 saturated heterocycles. The van der Waals surface area contributed by atoms with Crippen molar-refractivity contribution in [2.24, 2.45) is 0 Å². The van der Waals surface area contributed by atoms with E-state index in [9.17, 15) is 9.59 Å². The smallest absolute Gasteiger partial charge is 0.188 e. The molecule has 1 aromatic rings. The Balaban J connectivity index is 2.08. The van der Waals surface area contributed by atoms with Gasteiger partial charge < -0.3 is 5.32 Å². The molecule has 0 unspecified atom stereocenters.